The van der Waals surface area contributed by atoms with E-state index in [0.29, 0.717) is 16.6 Å². The Bertz CT molecular complexity index is 1050. The van der Waals surface area contributed by atoms with Crippen LogP contribution in [0.1, 0.15) is 16.7 Å². The first-order chi connectivity index (χ1) is 13.1. The first-order valence-electron chi connectivity index (χ1n) is 8.64. The fourth-order valence-corrected chi connectivity index (χ4v) is 3.15. The maximum absolute atomic E-state index is 13.2. The lowest BCUT2D eigenvalue weighted by Gasteiger charge is -2.18. The number of anilines is 1. The van der Waals surface area contributed by atoms with Gasteiger partial charge >= 0.3 is 0 Å². The van der Waals surface area contributed by atoms with Crippen LogP contribution in [0.25, 0.3) is 6.08 Å². The smallest absolute Gasteiger partial charge is 0.266 e. The van der Waals surface area contributed by atoms with Crippen molar-refractivity contribution < 1.29 is 4.79 Å². The van der Waals surface area contributed by atoms with Crippen molar-refractivity contribution in [3.63, 3.8) is 0 Å². The van der Waals surface area contributed by atoms with Crippen molar-refractivity contribution in [2.75, 3.05) is 4.90 Å². The number of rotatable bonds is 3. The van der Waals surface area contributed by atoms with E-state index in [0.717, 1.165) is 22.4 Å². The Labute approximate surface area is 163 Å². The van der Waals surface area contributed by atoms with Gasteiger partial charge in [-0.05, 0) is 48.9 Å². The number of aliphatic imine (C=N–C) groups is 1. The van der Waals surface area contributed by atoms with Crippen LogP contribution in [0.4, 0.5) is 5.69 Å². The molecule has 1 aliphatic rings. The summed E-state index contributed by atoms with van der Waals surface area (Å²) in [6.07, 6.45) is 1.79. The standard InChI is InChI=1S/C23H17ClN2O/c1-16-6-5-7-18(14-16)22-25-21(15-17-10-12-19(24)13-11-17)23(27)26(22)20-8-3-2-4-9-20/h2-15H,1H3/b21-15+. The molecule has 0 aromatic heterocycles. The largest absolute Gasteiger partial charge is 0.282 e. The molecular formula is C23H17ClN2O. The van der Waals surface area contributed by atoms with E-state index in [1.807, 2.05) is 73.7 Å². The van der Waals surface area contributed by atoms with Crippen molar-refractivity contribution in [2.45, 2.75) is 6.92 Å². The van der Waals surface area contributed by atoms with Gasteiger partial charge in [0.15, 0.2) is 0 Å². The molecule has 3 nitrogen and oxygen atoms in total. The Hall–Kier alpha value is -3.17. The highest BCUT2D eigenvalue weighted by atomic mass is 35.5. The fourth-order valence-electron chi connectivity index (χ4n) is 3.03. The molecule has 0 aliphatic carbocycles. The van der Waals surface area contributed by atoms with Crippen LogP contribution in [-0.2, 0) is 4.79 Å². The van der Waals surface area contributed by atoms with Crippen molar-refractivity contribution in [3.8, 4) is 0 Å². The van der Waals surface area contributed by atoms with Crippen LogP contribution in [0.2, 0.25) is 5.02 Å². The summed E-state index contributed by atoms with van der Waals surface area (Å²) < 4.78 is 0. The molecule has 0 atom stereocenters. The number of carbonyl (C=O) groups is 1. The molecule has 0 fully saturated rings. The van der Waals surface area contributed by atoms with Crippen molar-refractivity contribution in [1.29, 1.82) is 0 Å². The highest BCUT2D eigenvalue weighted by molar-refractivity contribution is 6.33. The Morgan fingerprint density at radius 3 is 2.37 bits per heavy atom. The van der Waals surface area contributed by atoms with Gasteiger partial charge in [0.1, 0.15) is 11.5 Å². The van der Waals surface area contributed by atoms with Crippen molar-refractivity contribution in [3.05, 3.63) is 106 Å². The molecule has 0 saturated carbocycles. The second kappa shape index (κ2) is 7.22. The van der Waals surface area contributed by atoms with E-state index < -0.39 is 0 Å². The lowest BCUT2D eigenvalue weighted by Crippen LogP contribution is -2.32. The Balaban J connectivity index is 1.82. The second-order valence-electron chi connectivity index (χ2n) is 6.36. The fraction of sp³-hybridized carbons (Fsp3) is 0.0435. The third-order valence-electron chi connectivity index (χ3n) is 4.32. The average Bonchev–Trinajstić information content (AvgIpc) is 3.01. The quantitative estimate of drug-likeness (QED) is 0.560. The van der Waals surface area contributed by atoms with E-state index in [-0.39, 0.29) is 5.91 Å². The zero-order chi connectivity index (χ0) is 18.8. The van der Waals surface area contributed by atoms with Gasteiger partial charge in [-0.3, -0.25) is 9.69 Å². The number of halogens is 1. The van der Waals surface area contributed by atoms with E-state index in [9.17, 15) is 4.79 Å². The number of hydrogen-bond donors (Lipinski definition) is 0. The third kappa shape index (κ3) is 3.55. The number of para-hydroxylation sites is 1. The summed E-state index contributed by atoms with van der Waals surface area (Å²) in [6, 6.07) is 24.9. The van der Waals surface area contributed by atoms with Crippen LogP contribution in [0, 0.1) is 6.92 Å². The number of benzene rings is 3. The molecule has 3 aromatic rings. The second-order valence-corrected chi connectivity index (χ2v) is 6.80. The van der Waals surface area contributed by atoms with Gasteiger partial charge in [0, 0.05) is 10.6 Å². The molecule has 0 saturated heterocycles. The minimum absolute atomic E-state index is 0.146. The van der Waals surface area contributed by atoms with Crippen LogP contribution in [0.3, 0.4) is 0 Å². The molecule has 0 radical (unpaired) electrons. The topological polar surface area (TPSA) is 32.7 Å². The molecule has 1 amide bonds. The van der Waals surface area contributed by atoms with Gasteiger partial charge in [-0.15, -0.1) is 0 Å². The van der Waals surface area contributed by atoms with E-state index >= 15 is 0 Å². The van der Waals surface area contributed by atoms with Gasteiger partial charge in [-0.1, -0.05) is 65.7 Å². The lowest BCUT2D eigenvalue weighted by molar-refractivity contribution is -0.113. The van der Waals surface area contributed by atoms with E-state index in [4.69, 9.17) is 11.6 Å². The summed E-state index contributed by atoms with van der Waals surface area (Å²) in [6.45, 7) is 2.03. The van der Waals surface area contributed by atoms with Crippen molar-refractivity contribution in [1.82, 2.24) is 0 Å². The normalized spacial score (nSPS) is 15.3. The molecule has 4 heteroatoms. The summed E-state index contributed by atoms with van der Waals surface area (Å²) in [7, 11) is 0. The van der Waals surface area contributed by atoms with Gasteiger partial charge < -0.3 is 0 Å². The molecule has 1 heterocycles. The number of nitrogens with zero attached hydrogens (tertiary/aromatic N) is 2. The third-order valence-corrected chi connectivity index (χ3v) is 4.58. The lowest BCUT2D eigenvalue weighted by atomic mass is 10.1. The summed E-state index contributed by atoms with van der Waals surface area (Å²) in [4.78, 5) is 19.5. The van der Waals surface area contributed by atoms with E-state index in [1.54, 1.807) is 23.1 Å². The Morgan fingerprint density at radius 2 is 1.67 bits per heavy atom. The SMILES string of the molecule is Cc1cccc(C2=N/C(=C/c3ccc(Cl)cc3)C(=O)N2c2ccccc2)c1. The maximum Gasteiger partial charge on any atom is 0.282 e. The predicted molar refractivity (Wildman–Crippen MR) is 111 cm³/mol. The zero-order valence-corrected chi connectivity index (χ0v) is 15.5. The van der Waals surface area contributed by atoms with Gasteiger partial charge in [-0.2, -0.15) is 0 Å². The molecule has 0 N–H and O–H groups in total. The van der Waals surface area contributed by atoms with Gasteiger partial charge in [0.2, 0.25) is 0 Å². The Morgan fingerprint density at radius 1 is 0.926 bits per heavy atom. The minimum Gasteiger partial charge on any atom is -0.266 e. The molecule has 3 aromatic carbocycles. The van der Waals surface area contributed by atoms with Crippen molar-refractivity contribution >= 4 is 35.1 Å². The van der Waals surface area contributed by atoms with Crippen LogP contribution >= 0.6 is 11.6 Å². The maximum atomic E-state index is 13.2. The molecule has 4 rings (SSSR count). The molecule has 0 unspecified atom stereocenters. The van der Waals surface area contributed by atoms with Gasteiger partial charge in [0.05, 0.1) is 5.69 Å². The van der Waals surface area contributed by atoms with Crippen molar-refractivity contribution in [2.24, 2.45) is 4.99 Å². The number of aryl methyl sites for hydroxylation is 1. The number of carbonyl (C=O) groups excluding carboxylic acids is 1. The van der Waals surface area contributed by atoms with E-state index in [2.05, 4.69) is 4.99 Å². The number of amides is 1. The monoisotopic (exact) mass is 372 g/mol. The van der Waals surface area contributed by atoms with E-state index in [1.165, 1.54) is 0 Å². The van der Waals surface area contributed by atoms with Crippen LogP contribution < -0.4 is 4.90 Å². The van der Waals surface area contributed by atoms with Crippen LogP contribution in [0.5, 0.6) is 0 Å². The zero-order valence-electron chi connectivity index (χ0n) is 14.8. The van der Waals surface area contributed by atoms with Gasteiger partial charge in [0.25, 0.3) is 5.91 Å². The molecule has 1 aliphatic heterocycles. The summed E-state index contributed by atoms with van der Waals surface area (Å²) in [5.74, 6) is 0.489. The summed E-state index contributed by atoms with van der Waals surface area (Å²) in [5.41, 5.74) is 4.10. The van der Waals surface area contributed by atoms with Gasteiger partial charge in [-0.25, -0.2) is 4.99 Å². The molecule has 27 heavy (non-hydrogen) atoms. The van der Waals surface area contributed by atoms with Crippen LogP contribution in [0.15, 0.2) is 89.6 Å². The number of hydrogen-bond acceptors (Lipinski definition) is 2. The summed E-state index contributed by atoms with van der Waals surface area (Å²) in [5, 5.41) is 0.657. The van der Waals surface area contributed by atoms with Crippen LogP contribution in [-0.4, -0.2) is 11.7 Å². The average molecular weight is 373 g/mol. The first kappa shape index (κ1) is 17.3. The highest BCUT2D eigenvalue weighted by Gasteiger charge is 2.32. The Kier molecular flexibility index (Phi) is 4.61. The molecule has 132 valence electrons. The number of amidine groups is 1. The molecule has 0 bridgehead atoms. The first-order valence-corrected chi connectivity index (χ1v) is 9.02. The minimum atomic E-state index is -0.146. The highest BCUT2D eigenvalue weighted by Crippen LogP contribution is 2.28. The molecular weight excluding hydrogens is 356 g/mol. The summed E-state index contributed by atoms with van der Waals surface area (Å²) >= 11 is 5.95. The molecule has 0 spiro atoms. The predicted octanol–water partition coefficient (Wildman–Crippen LogP) is 5.48.